The third-order valence-corrected chi connectivity index (χ3v) is 6.21. The van der Waals surface area contributed by atoms with Crippen molar-refractivity contribution in [1.82, 2.24) is 10.3 Å². The van der Waals surface area contributed by atoms with E-state index in [0.29, 0.717) is 22.3 Å². The van der Waals surface area contributed by atoms with Gasteiger partial charge in [0.2, 0.25) is 5.91 Å². The Kier molecular flexibility index (Phi) is 7.88. The molecular formula is C17H20Cl2N2OS2. The second kappa shape index (κ2) is 9.66. The molecule has 1 aromatic heterocycles. The zero-order chi connectivity index (χ0) is 17.5. The minimum atomic E-state index is 0.0130. The van der Waals surface area contributed by atoms with Crippen LogP contribution in [0.5, 0.6) is 0 Å². The molecule has 0 saturated carbocycles. The van der Waals surface area contributed by atoms with Crippen LogP contribution in [0.3, 0.4) is 0 Å². The molecule has 1 heterocycles. The smallest absolute Gasteiger partial charge is 0.230 e. The van der Waals surface area contributed by atoms with Crippen LogP contribution in [-0.4, -0.2) is 23.2 Å². The molecule has 0 aliphatic heterocycles. The number of amides is 1. The Morgan fingerprint density at radius 3 is 2.83 bits per heavy atom. The monoisotopic (exact) mass is 402 g/mol. The molecule has 0 radical (unpaired) electrons. The largest absolute Gasteiger partial charge is 0.355 e. The number of hydrogen-bond acceptors (Lipinski definition) is 4. The highest BCUT2D eigenvalue weighted by Gasteiger charge is 2.16. The number of aromatic nitrogens is 1. The molecule has 1 unspecified atom stereocenters. The van der Waals surface area contributed by atoms with E-state index in [9.17, 15) is 4.79 Å². The number of hydrogen-bond donors (Lipinski definition) is 1. The highest BCUT2D eigenvalue weighted by molar-refractivity contribution is 8.01. The molecule has 24 heavy (non-hydrogen) atoms. The highest BCUT2D eigenvalue weighted by atomic mass is 35.5. The maximum Gasteiger partial charge on any atom is 0.230 e. The number of rotatable bonds is 8. The molecule has 0 spiro atoms. The zero-order valence-electron chi connectivity index (χ0n) is 13.6. The van der Waals surface area contributed by atoms with Gasteiger partial charge in [0, 0.05) is 33.6 Å². The molecular weight excluding hydrogens is 383 g/mol. The highest BCUT2D eigenvalue weighted by Crippen LogP contribution is 2.30. The van der Waals surface area contributed by atoms with Gasteiger partial charge in [0.05, 0.1) is 5.75 Å². The quantitative estimate of drug-likeness (QED) is 0.588. The number of thiazole rings is 1. The first-order valence-corrected chi connectivity index (χ1v) is 10.4. The van der Waals surface area contributed by atoms with Crippen LogP contribution in [0.4, 0.5) is 0 Å². The predicted molar refractivity (Wildman–Crippen MR) is 105 cm³/mol. The molecule has 7 heteroatoms. The SMILES string of the molecule is CCCC(CNC(=O)CSc1nc(C)cs1)c1ccc(Cl)cc1Cl. The third kappa shape index (κ3) is 5.96. The number of thioether (sulfide) groups is 1. The Morgan fingerprint density at radius 1 is 1.42 bits per heavy atom. The minimum absolute atomic E-state index is 0.0130. The van der Waals surface area contributed by atoms with E-state index in [0.717, 1.165) is 28.4 Å². The van der Waals surface area contributed by atoms with E-state index < -0.39 is 0 Å². The fourth-order valence-corrected chi connectivity index (χ4v) is 4.60. The van der Waals surface area contributed by atoms with Crippen LogP contribution < -0.4 is 5.32 Å². The van der Waals surface area contributed by atoms with Gasteiger partial charge in [-0.15, -0.1) is 11.3 Å². The topological polar surface area (TPSA) is 42.0 Å². The number of halogens is 2. The van der Waals surface area contributed by atoms with Gasteiger partial charge in [-0.3, -0.25) is 4.79 Å². The summed E-state index contributed by atoms with van der Waals surface area (Å²) in [6.07, 6.45) is 1.98. The van der Waals surface area contributed by atoms with Crippen LogP contribution >= 0.6 is 46.3 Å². The van der Waals surface area contributed by atoms with Gasteiger partial charge in [-0.05, 0) is 31.0 Å². The van der Waals surface area contributed by atoms with Crippen molar-refractivity contribution in [3.05, 3.63) is 44.9 Å². The number of aryl methyl sites for hydroxylation is 1. The molecule has 0 saturated heterocycles. The molecule has 1 N–H and O–H groups in total. The summed E-state index contributed by atoms with van der Waals surface area (Å²) in [5.74, 6) is 0.579. The Labute approximate surface area is 161 Å². The van der Waals surface area contributed by atoms with E-state index in [1.54, 1.807) is 17.4 Å². The summed E-state index contributed by atoms with van der Waals surface area (Å²) in [5.41, 5.74) is 2.02. The van der Waals surface area contributed by atoms with E-state index in [4.69, 9.17) is 23.2 Å². The lowest BCUT2D eigenvalue weighted by Crippen LogP contribution is -2.30. The van der Waals surface area contributed by atoms with Gasteiger partial charge in [0.15, 0.2) is 4.34 Å². The number of benzene rings is 1. The van der Waals surface area contributed by atoms with Gasteiger partial charge >= 0.3 is 0 Å². The Bertz CT molecular complexity index is 691. The Morgan fingerprint density at radius 2 is 2.21 bits per heavy atom. The van der Waals surface area contributed by atoms with Gasteiger partial charge in [0.25, 0.3) is 0 Å². The summed E-state index contributed by atoms with van der Waals surface area (Å²) in [7, 11) is 0. The van der Waals surface area contributed by atoms with Crippen LogP contribution in [0.1, 0.15) is 36.9 Å². The molecule has 0 aliphatic carbocycles. The number of nitrogens with zero attached hydrogens (tertiary/aromatic N) is 1. The molecule has 1 amide bonds. The van der Waals surface area contributed by atoms with E-state index in [2.05, 4.69) is 17.2 Å². The second-order valence-electron chi connectivity index (χ2n) is 5.50. The number of carbonyl (C=O) groups excluding carboxylic acids is 1. The van der Waals surface area contributed by atoms with Gasteiger partial charge in [-0.2, -0.15) is 0 Å². The average Bonchev–Trinajstić information content (AvgIpc) is 2.95. The van der Waals surface area contributed by atoms with Crippen molar-refractivity contribution < 1.29 is 4.79 Å². The summed E-state index contributed by atoms with van der Waals surface area (Å²) >= 11 is 15.3. The van der Waals surface area contributed by atoms with Crippen molar-refractivity contribution in [3.63, 3.8) is 0 Å². The van der Waals surface area contributed by atoms with E-state index >= 15 is 0 Å². The fraction of sp³-hybridized carbons (Fsp3) is 0.412. The molecule has 0 aliphatic rings. The molecule has 1 atom stereocenters. The van der Waals surface area contributed by atoms with Crippen molar-refractivity contribution >= 4 is 52.2 Å². The third-order valence-electron chi connectivity index (χ3n) is 3.51. The Balaban J connectivity index is 1.89. The average molecular weight is 403 g/mol. The lowest BCUT2D eigenvalue weighted by Gasteiger charge is -2.19. The first kappa shape index (κ1) is 19.6. The second-order valence-corrected chi connectivity index (χ2v) is 8.42. The van der Waals surface area contributed by atoms with E-state index in [-0.39, 0.29) is 11.8 Å². The standard InChI is InChI=1S/C17H20Cl2N2OS2/c1-3-4-12(14-6-5-13(18)7-15(14)19)8-20-16(22)10-24-17-21-11(2)9-23-17/h5-7,9,12H,3-4,8,10H2,1-2H3,(H,20,22). The molecule has 0 fully saturated rings. The first-order valence-electron chi connectivity index (χ1n) is 7.76. The molecule has 1 aromatic carbocycles. The van der Waals surface area contributed by atoms with Gasteiger partial charge in [-0.25, -0.2) is 4.98 Å². The van der Waals surface area contributed by atoms with Crippen molar-refractivity contribution in [2.75, 3.05) is 12.3 Å². The van der Waals surface area contributed by atoms with Crippen molar-refractivity contribution in [2.45, 2.75) is 36.9 Å². The van der Waals surface area contributed by atoms with E-state index in [1.807, 2.05) is 24.4 Å². The van der Waals surface area contributed by atoms with Crippen molar-refractivity contribution in [3.8, 4) is 0 Å². The summed E-state index contributed by atoms with van der Waals surface area (Å²) in [6, 6.07) is 5.54. The summed E-state index contributed by atoms with van der Waals surface area (Å²) in [6.45, 7) is 4.65. The van der Waals surface area contributed by atoms with Crippen LogP contribution in [-0.2, 0) is 4.79 Å². The first-order chi connectivity index (χ1) is 11.5. The molecule has 3 nitrogen and oxygen atoms in total. The van der Waals surface area contributed by atoms with Gasteiger partial charge in [-0.1, -0.05) is 54.4 Å². The summed E-state index contributed by atoms with van der Waals surface area (Å²) in [5, 5.41) is 6.28. The Hall–Kier alpha value is -0.750. The van der Waals surface area contributed by atoms with Crippen molar-refractivity contribution in [2.24, 2.45) is 0 Å². The van der Waals surface area contributed by atoms with Crippen LogP contribution in [0, 0.1) is 6.92 Å². The predicted octanol–water partition coefficient (Wildman–Crippen LogP) is 5.55. The summed E-state index contributed by atoms with van der Waals surface area (Å²) in [4.78, 5) is 16.4. The molecule has 2 rings (SSSR count). The minimum Gasteiger partial charge on any atom is -0.355 e. The molecule has 2 aromatic rings. The number of carbonyl (C=O) groups is 1. The maximum atomic E-state index is 12.1. The lowest BCUT2D eigenvalue weighted by atomic mass is 9.94. The van der Waals surface area contributed by atoms with E-state index in [1.165, 1.54) is 11.8 Å². The van der Waals surface area contributed by atoms with Gasteiger partial charge in [0.1, 0.15) is 0 Å². The molecule has 130 valence electrons. The maximum absolute atomic E-state index is 12.1. The number of nitrogens with one attached hydrogen (secondary N) is 1. The normalized spacial score (nSPS) is 12.2. The van der Waals surface area contributed by atoms with Crippen LogP contribution in [0.2, 0.25) is 10.0 Å². The molecule has 0 bridgehead atoms. The summed E-state index contributed by atoms with van der Waals surface area (Å²) < 4.78 is 0.925. The lowest BCUT2D eigenvalue weighted by molar-refractivity contribution is -0.118. The fourth-order valence-electron chi connectivity index (χ4n) is 2.36. The van der Waals surface area contributed by atoms with Gasteiger partial charge < -0.3 is 5.32 Å². The zero-order valence-corrected chi connectivity index (χ0v) is 16.8. The van der Waals surface area contributed by atoms with Crippen molar-refractivity contribution in [1.29, 1.82) is 0 Å². The van der Waals surface area contributed by atoms with Crippen LogP contribution in [0.15, 0.2) is 27.9 Å². The van der Waals surface area contributed by atoms with Crippen LogP contribution in [0.25, 0.3) is 0 Å².